The van der Waals surface area contributed by atoms with Gasteiger partial charge in [-0.3, -0.25) is 4.79 Å². The van der Waals surface area contributed by atoms with Crippen LogP contribution in [-0.2, 0) is 4.79 Å². The van der Waals surface area contributed by atoms with E-state index < -0.39 is 11.6 Å². The van der Waals surface area contributed by atoms with Gasteiger partial charge < -0.3 is 15.8 Å². The van der Waals surface area contributed by atoms with E-state index in [1.807, 2.05) is 0 Å². The van der Waals surface area contributed by atoms with Crippen molar-refractivity contribution in [3.8, 4) is 22.8 Å². The number of carbonyl (C=O) groups excluding carboxylic acids is 1. The molecular formula is C25H22F2N6O2. The second-order valence-electron chi connectivity index (χ2n) is 8.33. The highest BCUT2D eigenvalue weighted by Crippen LogP contribution is 2.38. The average Bonchev–Trinajstić information content (AvgIpc) is 3.44. The molecule has 1 amide bonds. The Morgan fingerprint density at radius 1 is 1.17 bits per heavy atom. The number of amides is 1. The van der Waals surface area contributed by atoms with Crippen LogP contribution in [0.4, 0.5) is 14.6 Å². The molecule has 0 saturated heterocycles. The van der Waals surface area contributed by atoms with Gasteiger partial charge in [-0.05, 0) is 49.6 Å². The maximum atomic E-state index is 15.3. The first-order valence-electron chi connectivity index (χ1n) is 11.1. The van der Waals surface area contributed by atoms with Gasteiger partial charge in [0.15, 0.2) is 5.65 Å². The molecular weight excluding hydrogens is 454 g/mol. The van der Waals surface area contributed by atoms with Crippen LogP contribution in [0.5, 0.6) is 11.5 Å². The zero-order chi connectivity index (χ0) is 24.5. The molecule has 8 nitrogen and oxygen atoms in total. The number of carbonyl (C=O) groups is 1. The second kappa shape index (κ2) is 9.13. The van der Waals surface area contributed by atoms with Crippen molar-refractivity contribution in [3.63, 3.8) is 0 Å². The van der Waals surface area contributed by atoms with Gasteiger partial charge in [-0.2, -0.15) is 5.10 Å². The number of nitrogen functional groups attached to an aromatic ring is 1. The molecule has 0 aliphatic heterocycles. The normalized spacial score (nSPS) is 17.4. The number of ether oxygens (including phenoxy) is 1. The van der Waals surface area contributed by atoms with Gasteiger partial charge in [-0.1, -0.05) is 12.6 Å². The summed E-state index contributed by atoms with van der Waals surface area (Å²) in [5.74, 6) is -0.618. The third-order valence-electron chi connectivity index (χ3n) is 6.03. The fourth-order valence-electron chi connectivity index (χ4n) is 4.43. The zero-order valence-electron chi connectivity index (χ0n) is 18.6. The minimum absolute atomic E-state index is 0.0247. The molecule has 4 aromatic rings. The van der Waals surface area contributed by atoms with Crippen LogP contribution in [0.1, 0.15) is 25.3 Å². The number of hydrogen-bond acceptors (Lipinski definition) is 6. The molecule has 1 fully saturated rings. The van der Waals surface area contributed by atoms with E-state index in [0.29, 0.717) is 23.1 Å². The van der Waals surface area contributed by atoms with Crippen LogP contribution in [0, 0.1) is 11.6 Å². The van der Waals surface area contributed by atoms with Crippen molar-refractivity contribution >= 4 is 22.8 Å². The number of benzene rings is 2. The Hall–Kier alpha value is -4.34. The van der Waals surface area contributed by atoms with E-state index in [0.717, 1.165) is 12.8 Å². The summed E-state index contributed by atoms with van der Waals surface area (Å²) in [6.07, 6.45) is 4.75. The third-order valence-corrected chi connectivity index (χ3v) is 6.03. The molecule has 10 heteroatoms. The molecule has 2 aromatic heterocycles. The number of hydrogen-bond donors (Lipinski definition) is 2. The summed E-state index contributed by atoms with van der Waals surface area (Å²) in [6, 6.07) is 9.83. The predicted octanol–water partition coefficient (Wildman–Crippen LogP) is 4.54. The maximum absolute atomic E-state index is 15.3. The first kappa shape index (κ1) is 22.5. The smallest absolute Gasteiger partial charge is 0.243 e. The number of aromatic nitrogens is 4. The lowest BCUT2D eigenvalue weighted by atomic mass is 10.1. The summed E-state index contributed by atoms with van der Waals surface area (Å²) in [5, 5.41) is 8.05. The van der Waals surface area contributed by atoms with E-state index >= 15 is 4.39 Å². The van der Waals surface area contributed by atoms with Crippen molar-refractivity contribution in [2.75, 3.05) is 5.73 Å². The molecule has 2 atom stereocenters. The molecule has 1 aliphatic carbocycles. The van der Waals surface area contributed by atoms with Crippen LogP contribution in [-0.4, -0.2) is 31.7 Å². The minimum Gasteiger partial charge on any atom is -0.457 e. The molecule has 3 N–H and O–H groups in total. The van der Waals surface area contributed by atoms with Crippen LogP contribution < -0.4 is 15.8 Å². The summed E-state index contributed by atoms with van der Waals surface area (Å²) in [5.41, 5.74) is 7.17. The van der Waals surface area contributed by atoms with Crippen molar-refractivity contribution in [3.05, 3.63) is 73.1 Å². The van der Waals surface area contributed by atoms with Gasteiger partial charge in [0.05, 0.1) is 11.4 Å². The minimum atomic E-state index is -0.587. The van der Waals surface area contributed by atoms with Gasteiger partial charge in [0.1, 0.15) is 41.0 Å². The van der Waals surface area contributed by atoms with Crippen LogP contribution >= 0.6 is 0 Å². The number of nitrogens with zero attached hydrogens (tertiary/aromatic N) is 4. The largest absolute Gasteiger partial charge is 0.457 e. The standard InChI is InChI=1S/C25H22F2N6O2/c1-2-21(34)31-15-6-7-16(11-15)33-25-22(24(28)29-13-30-25)23(32-33)19-9-8-18(12-20(19)27)35-17-5-3-4-14(26)10-17/h2-5,8-10,12-13,15-16H,1,6-7,11H2,(H,31,34)(H2,28,29,30)/t15-,16?/m1/s1. The van der Waals surface area contributed by atoms with Crippen molar-refractivity contribution in [2.24, 2.45) is 0 Å². The van der Waals surface area contributed by atoms with Gasteiger partial charge in [0.2, 0.25) is 5.91 Å². The highest BCUT2D eigenvalue weighted by atomic mass is 19.1. The van der Waals surface area contributed by atoms with Crippen LogP contribution in [0.15, 0.2) is 61.4 Å². The number of anilines is 1. The Morgan fingerprint density at radius 2 is 2.00 bits per heavy atom. The first-order chi connectivity index (χ1) is 16.9. The third kappa shape index (κ3) is 4.42. The average molecular weight is 476 g/mol. The van der Waals surface area contributed by atoms with E-state index in [4.69, 9.17) is 15.6 Å². The quantitative estimate of drug-likeness (QED) is 0.396. The number of fused-ring (bicyclic) bond motifs is 1. The van der Waals surface area contributed by atoms with Crippen molar-refractivity contribution in [1.82, 2.24) is 25.1 Å². The molecule has 1 aliphatic rings. The second-order valence-corrected chi connectivity index (χ2v) is 8.33. The number of nitrogens with one attached hydrogen (secondary N) is 1. The van der Waals surface area contributed by atoms with E-state index in [2.05, 4.69) is 21.9 Å². The number of halogens is 2. The monoisotopic (exact) mass is 476 g/mol. The topological polar surface area (TPSA) is 108 Å². The fraction of sp³-hybridized carbons (Fsp3) is 0.200. The molecule has 5 rings (SSSR count). The maximum Gasteiger partial charge on any atom is 0.243 e. The molecule has 0 radical (unpaired) electrons. The van der Waals surface area contributed by atoms with Gasteiger partial charge in [0.25, 0.3) is 0 Å². The Bertz CT molecular complexity index is 1440. The highest BCUT2D eigenvalue weighted by Gasteiger charge is 2.30. The summed E-state index contributed by atoms with van der Waals surface area (Å²) in [7, 11) is 0. The molecule has 1 saturated carbocycles. The summed E-state index contributed by atoms with van der Waals surface area (Å²) < 4.78 is 36.0. The summed E-state index contributed by atoms with van der Waals surface area (Å²) >= 11 is 0. The summed E-state index contributed by atoms with van der Waals surface area (Å²) in [4.78, 5) is 20.1. The molecule has 0 bridgehead atoms. The van der Waals surface area contributed by atoms with E-state index in [9.17, 15) is 9.18 Å². The Balaban J connectivity index is 1.49. The van der Waals surface area contributed by atoms with Gasteiger partial charge in [-0.25, -0.2) is 23.4 Å². The number of rotatable bonds is 6. The highest BCUT2D eigenvalue weighted by molar-refractivity contribution is 5.98. The van der Waals surface area contributed by atoms with Crippen molar-refractivity contribution < 1.29 is 18.3 Å². The van der Waals surface area contributed by atoms with Gasteiger partial charge in [-0.15, -0.1) is 0 Å². The first-order valence-corrected chi connectivity index (χ1v) is 11.1. The SMILES string of the molecule is C=CC(=O)N[C@@H]1CCC(n2nc(-c3ccc(Oc4cccc(F)c4)cc3F)c3c(N)ncnc32)C1. The van der Waals surface area contributed by atoms with E-state index in [-0.39, 0.29) is 40.9 Å². The van der Waals surface area contributed by atoms with E-state index in [1.165, 1.54) is 42.7 Å². The molecule has 2 heterocycles. The number of nitrogens with two attached hydrogens (primary N) is 1. The van der Waals surface area contributed by atoms with Crippen LogP contribution in [0.3, 0.4) is 0 Å². The van der Waals surface area contributed by atoms with Crippen molar-refractivity contribution in [1.29, 1.82) is 0 Å². The Labute approximate surface area is 199 Å². The van der Waals surface area contributed by atoms with Crippen LogP contribution in [0.2, 0.25) is 0 Å². The fourth-order valence-corrected chi connectivity index (χ4v) is 4.43. The molecule has 178 valence electrons. The van der Waals surface area contributed by atoms with Crippen molar-refractivity contribution in [2.45, 2.75) is 31.3 Å². The molecule has 35 heavy (non-hydrogen) atoms. The van der Waals surface area contributed by atoms with E-state index in [1.54, 1.807) is 16.8 Å². The van der Waals surface area contributed by atoms with Gasteiger partial charge in [0, 0.05) is 23.7 Å². The molecule has 1 unspecified atom stereocenters. The lowest BCUT2D eigenvalue weighted by Gasteiger charge is -2.13. The Kier molecular flexibility index (Phi) is 5.86. The predicted molar refractivity (Wildman–Crippen MR) is 127 cm³/mol. The lowest BCUT2D eigenvalue weighted by Crippen LogP contribution is -2.31. The van der Waals surface area contributed by atoms with Crippen LogP contribution in [0.25, 0.3) is 22.3 Å². The molecule has 2 aromatic carbocycles. The van der Waals surface area contributed by atoms with Gasteiger partial charge >= 0.3 is 0 Å². The Morgan fingerprint density at radius 3 is 2.77 bits per heavy atom. The lowest BCUT2D eigenvalue weighted by molar-refractivity contribution is -0.117. The zero-order valence-corrected chi connectivity index (χ0v) is 18.6. The molecule has 0 spiro atoms. The summed E-state index contributed by atoms with van der Waals surface area (Å²) in [6.45, 7) is 3.49.